The molecule has 104 valence electrons. The normalized spacial score (nSPS) is 10.3. The molecule has 0 amide bonds. The Balaban J connectivity index is 2.27. The van der Waals surface area contributed by atoms with Gasteiger partial charge in [0, 0.05) is 17.1 Å². The Labute approximate surface area is 124 Å². The molecule has 0 saturated carbocycles. The van der Waals surface area contributed by atoms with Gasteiger partial charge >= 0.3 is 5.69 Å². The summed E-state index contributed by atoms with van der Waals surface area (Å²) in [6, 6.07) is 11.8. The van der Waals surface area contributed by atoms with E-state index in [1.54, 1.807) is 30.3 Å². The summed E-state index contributed by atoms with van der Waals surface area (Å²) in [7, 11) is 1.87. The van der Waals surface area contributed by atoms with Crippen LogP contribution in [-0.4, -0.2) is 12.0 Å². The lowest BCUT2D eigenvalue weighted by Crippen LogP contribution is -2.05. The minimum Gasteiger partial charge on any atom is -0.450 e. The summed E-state index contributed by atoms with van der Waals surface area (Å²) in [6.45, 7) is 0.729. The lowest BCUT2D eigenvalue weighted by molar-refractivity contribution is -0.385. The van der Waals surface area contributed by atoms with E-state index in [4.69, 9.17) is 4.74 Å². The van der Waals surface area contributed by atoms with Crippen LogP contribution in [0.4, 0.5) is 5.69 Å². The Hall–Kier alpha value is -1.92. The maximum Gasteiger partial charge on any atom is 0.311 e. The first-order valence-electron chi connectivity index (χ1n) is 5.96. The summed E-state index contributed by atoms with van der Waals surface area (Å²) in [5.41, 5.74) is 1.03. The van der Waals surface area contributed by atoms with Crippen molar-refractivity contribution in [3.05, 3.63) is 62.6 Å². The molecule has 2 rings (SSSR count). The highest BCUT2D eigenvalue weighted by Crippen LogP contribution is 2.32. The predicted octanol–water partition coefficient (Wildman–Crippen LogP) is 3.87. The number of nitro groups is 1. The molecule has 0 spiro atoms. The maximum absolute atomic E-state index is 10.9. The first-order chi connectivity index (χ1) is 9.61. The molecule has 0 aliphatic carbocycles. The van der Waals surface area contributed by atoms with E-state index in [1.165, 1.54) is 6.07 Å². The van der Waals surface area contributed by atoms with Crippen LogP contribution in [0.1, 0.15) is 5.56 Å². The number of rotatable bonds is 5. The van der Waals surface area contributed by atoms with Crippen molar-refractivity contribution in [2.24, 2.45) is 0 Å². The third kappa shape index (κ3) is 3.34. The Morgan fingerprint density at radius 2 is 2.05 bits per heavy atom. The van der Waals surface area contributed by atoms with E-state index in [-0.39, 0.29) is 11.4 Å². The van der Waals surface area contributed by atoms with Gasteiger partial charge in [0.2, 0.25) is 5.75 Å². The second-order valence-corrected chi connectivity index (χ2v) is 4.96. The summed E-state index contributed by atoms with van der Waals surface area (Å²) in [5.74, 6) is 0.775. The zero-order valence-electron chi connectivity index (χ0n) is 10.8. The van der Waals surface area contributed by atoms with Crippen molar-refractivity contribution in [2.75, 3.05) is 7.05 Å². The fourth-order valence-electron chi connectivity index (χ4n) is 1.75. The average Bonchev–Trinajstić information content (AvgIpc) is 2.42. The number of hydrogen-bond acceptors (Lipinski definition) is 4. The van der Waals surface area contributed by atoms with Crippen molar-refractivity contribution in [1.29, 1.82) is 0 Å². The van der Waals surface area contributed by atoms with Crippen LogP contribution in [0, 0.1) is 10.1 Å². The van der Waals surface area contributed by atoms with Crippen LogP contribution in [0.25, 0.3) is 0 Å². The van der Waals surface area contributed by atoms with E-state index in [9.17, 15) is 10.1 Å². The molecule has 6 heteroatoms. The number of ether oxygens (including phenoxy) is 1. The van der Waals surface area contributed by atoms with Crippen LogP contribution >= 0.6 is 15.9 Å². The third-order valence-electron chi connectivity index (χ3n) is 2.68. The van der Waals surface area contributed by atoms with Crippen molar-refractivity contribution in [2.45, 2.75) is 6.54 Å². The van der Waals surface area contributed by atoms with Gasteiger partial charge in [0.05, 0.1) is 4.92 Å². The molecule has 0 aromatic heterocycles. The zero-order valence-corrected chi connectivity index (χ0v) is 12.4. The molecule has 0 aliphatic rings. The van der Waals surface area contributed by atoms with Crippen molar-refractivity contribution in [3.63, 3.8) is 0 Å². The van der Waals surface area contributed by atoms with Crippen molar-refractivity contribution < 1.29 is 9.66 Å². The highest BCUT2D eigenvalue weighted by molar-refractivity contribution is 9.10. The molecule has 1 N–H and O–H groups in total. The minimum absolute atomic E-state index is 0.0528. The Kier molecular flexibility index (Phi) is 4.70. The second-order valence-electron chi connectivity index (χ2n) is 4.11. The Bertz CT molecular complexity index is 632. The minimum atomic E-state index is -0.459. The van der Waals surface area contributed by atoms with E-state index in [0.717, 1.165) is 16.6 Å². The first-order valence-corrected chi connectivity index (χ1v) is 6.75. The van der Waals surface area contributed by atoms with E-state index in [1.807, 2.05) is 13.1 Å². The van der Waals surface area contributed by atoms with Gasteiger partial charge in [0.25, 0.3) is 0 Å². The SMILES string of the molecule is CNCc1ccc(Oc2ccccc2[N+](=O)[O-])cc1Br. The molecule has 2 aromatic rings. The van der Waals surface area contributed by atoms with Gasteiger partial charge < -0.3 is 10.1 Å². The number of nitrogens with one attached hydrogen (secondary N) is 1. The summed E-state index contributed by atoms with van der Waals surface area (Å²) < 4.78 is 6.48. The predicted molar refractivity (Wildman–Crippen MR) is 80.1 cm³/mol. The summed E-state index contributed by atoms with van der Waals surface area (Å²) >= 11 is 3.46. The van der Waals surface area contributed by atoms with Crippen molar-refractivity contribution >= 4 is 21.6 Å². The maximum atomic E-state index is 10.9. The van der Waals surface area contributed by atoms with Gasteiger partial charge in [-0.3, -0.25) is 10.1 Å². The molecule has 0 radical (unpaired) electrons. The van der Waals surface area contributed by atoms with Crippen LogP contribution in [0.3, 0.4) is 0 Å². The van der Waals surface area contributed by atoms with E-state index < -0.39 is 4.92 Å². The molecular weight excluding hydrogens is 324 g/mol. The molecule has 20 heavy (non-hydrogen) atoms. The van der Waals surface area contributed by atoms with E-state index in [2.05, 4.69) is 21.2 Å². The number of halogens is 1. The topological polar surface area (TPSA) is 64.4 Å². The molecule has 0 atom stereocenters. The molecule has 0 saturated heterocycles. The zero-order chi connectivity index (χ0) is 14.5. The number of nitrogens with zero attached hydrogens (tertiary/aromatic N) is 1. The third-order valence-corrected chi connectivity index (χ3v) is 3.42. The molecule has 0 fully saturated rings. The average molecular weight is 337 g/mol. The van der Waals surface area contributed by atoms with E-state index in [0.29, 0.717) is 5.75 Å². The highest BCUT2D eigenvalue weighted by Gasteiger charge is 2.14. The second kappa shape index (κ2) is 6.49. The van der Waals surface area contributed by atoms with Crippen molar-refractivity contribution in [1.82, 2.24) is 5.32 Å². The van der Waals surface area contributed by atoms with Gasteiger partial charge in [-0.2, -0.15) is 0 Å². The highest BCUT2D eigenvalue weighted by atomic mass is 79.9. The Morgan fingerprint density at radius 1 is 1.30 bits per heavy atom. The van der Waals surface area contributed by atoms with Crippen molar-refractivity contribution in [3.8, 4) is 11.5 Å². The lowest BCUT2D eigenvalue weighted by Gasteiger charge is -2.09. The van der Waals surface area contributed by atoms with Crippen LogP contribution in [0.2, 0.25) is 0 Å². The standard InChI is InChI=1S/C14H13BrN2O3/c1-16-9-10-6-7-11(8-12(10)15)20-14-5-3-2-4-13(14)17(18)19/h2-8,16H,9H2,1H3. The lowest BCUT2D eigenvalue weighted by atomic mass is 10.2. The number of nitro benzene ring substituents is 1. The Morgan fingerprint density at radius 3 is 2.70 bits per heavy atom. The fourth-order valence-corrected chi connectivity index (χ4v) is 2.24. The summed E-state index contributed by atoms with van der Waals surface area (Å²) in [6.07, 6.45) is 0. The van der Waals surface area contributed by atoms with Gasteiger partial charge in [-0.15, -0.1) is 0 Å². The van der Waals surface area contributed by atoms with Crippen LogP contribution in [0.15, 0.2) is 46.9 Å². The van der Waals surface area contributed by atoms with Gasteiger partial charge in [-0.1, -0.05) is 34.1 Å². The van der Waals surface area contributed by atoms with Gasteiger partial charge in [-0.05, 0) is 30.8 Å². The number of hydrogen-bond donors (Lipinski definition) is 1. The summed E-state index contributed by atoms with van der Waals surface area (Å²) in [5, 5.41) is 14.0. The van der Waals surface area contributed by atoms with Gasteiger partial charge in [-0.25, -0.2) is 0 Å². The van der Waals surface area contributed by atoms with Crippen LogP contribution < -0.4 is 10.1 Å². The van der Waals surface area contributed by atoms with Crippen LogP contribution in [0.5, 0.6) is 11.5 Å². The molecule has 0 heterocycles. The molecule has 0 unspecified atom stereocenters. The number of benzene rings is 2. The molecule has 0 aliphatic heterocycles. The summed E-state index contributed by atoms with van der Waals surface area (Å²) in [4.78, 5) is 10.5. The fraction of sp³-hybridized carbons (Fsp3) is 0.143. The molecule has 5 nitrogen and oxygen atoms in total. The van der Waals surface area contributed by atoms with E-state index >= 15 is 0 Å². The smallest absolute Gasteiger partial charge is 0.311 e. The first kappa shape index (κ1) is 14.5. The molecule has 0 bridgehead atoms. The van der Waals surface area contributed by atoms with Gasteiger partial charge in [0.15, 0.2) is 0 Å². The molecule has 2 aromatic carbocycles. The molecular formula is C14H13BrN2O3. The number of para-hydroxylation sites is 2. The largest absolute Gasteiger partial charge is 0.450 e. The van der Waals surface area contributed by atoms with Crippen LogP contribution in [-0.2, 0) is 6.54 Å². The van der Waals surface area contributed by atoms with Gasteiger partial charge in [0.1, 0.15) is 5.75 Å². The quantitative estimate of drug-likeness (QED) is 0.664. The monoisotopic (exact) mass is 336 g/mol.